The lowest BCUT2D eigenvalue weighted by molar-refractivity contribution is -0.148. The number of aryl methyl sites for hydroxylation is 3. The number of esters is 1. The smallest absolute Gasteiger partial charge is 0.324 e. The van der Waals surface area contributed by atoms with Gasteiger partial charge in [0.25, 0.3) is 5.91 Å². The summed E-state index contributed by atoms with van der Waals surface area (Å²) in [6.07, 6.45) is 0. The average Bonchev–Trinajstić information content (AvgIpc) is 2.62. The molecular formula is C20H24N2O5S. The Balaban J connectivity index is 1.88. The van der Waals surface area contributed by atoms with Crippen LogP contribution in [0.3, 0.4) is 0 Å². The Morgan fingerprint density at radius 2 is 1.64 bits per heavy atom. The number of hydrogen-bond donors (Lipinski definition) is 2. The van der Waals surface area contributed by atoms with E-state index in [0.717, 1.165) is 16.7 Å². The molecule has 7 nitrogen and oxygen atoms in total. The third-order valence-electron chi connectivity index (χ3n) is 4.15. The standard InChI is InChI=1S/C20H24N2O5S/c1-13-5-9-18(10-6-13)28(25,26)22-16(4)20(24)27-12-19(23)21-17-8-7-14(2)15(3)11-17/h5-11,16,22H,12H2,1-4H3,(H,21,23)/t16-/m0/s1. The lowest BCUT2D eigenvalue weighted by Crippen LogP contribution is -2.40. The van der Waals surface area contributed by atoms with Crippen molar-refractivity contribution in [3.63, 3.8) is 0 Å². The molecule has 0 radical (unpaired) electrons. The maximum absolute atomic E-state index is 12.3. The number of nitrogens with one attached hydrogen (secondary N) is 2. The lowest BCUT2D eigenvalue weighted by atomic mass is 10.1. The van der Waals surface area contributed by atoms with E-state index in [1.807, 2.05) is 32.9 Å². The summed E-state index contributed by atoms with van der Waals surface area (Å²) in [6, 6.07) is 10.5. The Kier molecular flexibility index (Phi) is 6.93. The van der Waals surface area contributed by atoms with Crippen LogP contribution in [0.1, 0.15) is 23.6 Å². The molecular weight excluding hydrogens is 380 g/mol. The van der Waals surface area contributed by atoms with Crippen molar-refractivity contribution in [3.05, 3.63) is 59.2 Å². The molecule has 8 heteroatoms. The molecule has 0 aromatic heterocycles. The number of carbonyl (C=O) groups excluding carboxylic acids is 2. The molecule has 0 aliphatic rings. The minimum absolute atomic E-state index is 0.0465. The van der Waals surface area contributed by atoms with E-state index >= 15 is 0 Å². The van der Waals surface area contributed by atoms with Crippen molar-refractivity contribution >= 4 is 27.6 Å². The topological polar surface area (TPSA) is 102 Å². The number of benzene rings is 2. The van der Waals surface area contributed by atoms with Crippen LogP contribution < -0.4 is 10.0 Å². The zero-order valence-electron chi connectivity index (χ0n) is 16.3. The fraction of sp³-hybridized carbons (Fsp3) is 0.300. The van der Waals surface area contributed by atoms with Gasteiger partial charge in [-0.3, -0.25) is 9.59 Å². The number of amides is 1. The Morgan fingerprint density at radius 1 is 1.00 bits per heavy atom. The number of hydrogen-bond acceptors (Lipinski definition) is 5. The molecule has 0 unspecified atom stereocenters. The summed E-state index contributed by atoms with van der Waals surface area (Å²) in [5.74, 6) is -1.35. The summed E-state index contributed by atoms with van der Waals surface area (Å²) in [5.41, 5.74) is 3.63. The van der Waals surface area contributed by atoms with Gasteiger partial charge in [0.1, 0.15) is 6.04 Å². The summed E-state index contributed by atoms with van der Waals surface area (Å²) in [6.45, 7) is 6.57. The van der Waals surface area contributed by atoms with Crippen molar-refractivity contribution in [2.24, 2.45) is 0 Å². The highest BCUT2D eigenvalue weighted by molar-refractivity contribution is 7.89. The van der Waals surface area contributed by atoms with Crippen molar-refractivity contribution in [2.45, 2.75) is 38.6 Å². The van der Waals surface area contributed by atoms with Gasteiger partial charge in [0.2, 0.25) is 10.0 Å². The molecule has 0 saturated heterocycles. The van der Waals surface area contributed by atoms with Crippen molar-refractivity contribution in [2.75, 3.05) is 11.9 Å². The van der Waals surface area contributed by atoms with Gasteiger partial charge in [0.15, 0.2) is 6.61 Å². The van der Waals surface area contributed by atoms with E-state index in [-0.39, 0.29) is 4.90 Å². The quantitative estimate of drug-likeness (QED) is 0.690. The van der Waals surface area contributed by atoms with E-state index in [0.29, 0.717) is 5.69 Å². The molecule has 2 N–H and O–H groups in total. The van der Waals surface area contributed by atoms with Crippen LogP contribution in [0, 0.1) is 20.8 Å². The molecule has 1 amide bonds. The number of rotatable bonds is 7. The number of sulfonamides is 1. The fourth-order valence-electron chi connectivity index (χ4n) is 2.34. The Bertz CT molecular complexity index is 969. The Morgan fingerprint density at radius 3 is 2.25 bits per heavy atom. The van der Waals surface area contributed by atoms with Crippen molar-refractivity contribution in [1.82, 2.24) is 4.72 Å². The van der Waals surface area contributed by atoms with E-state index < -0.39 is 34.5 Å². The van der Waals surface area contributed by atoms with Gasteiger partial charge in [-0.1, -0.05) is 23.8 Å². The first kappa shape index (κ1) is 21.6. The third-order valence-corrected chi connectivity index (χ3v) is 5.71. The predicted molar refractivity (Wildman–Crippen MR) is 106 cm³/mol. The summed E-state index contributed by atoms with van der Waals surface area (Å²) in [5, 5.41) is 2.63. The minimum atomic E-state index is -3.87. The Labute approximate surface area is 165 Å². The average molecular weight is 404 g/mol. The Hall–Kier alpha value is -2.71. The van der Waals surface area contributed by atoms with Crippen LogP contribution in [0.4, 0.5) is 5.69 Å². The van der Waals surface area contributed by atoms with Gasteiger partial charge in [-0.25, -0.2) is 8.42 Å². The largest absolute Gasteiger partial charge is 0.454 e. The second-order valence-electron chi connectivity index (χ2n) is 6.61. The highest BCUT2D eigenvalue weighted by Crippen LogP contribution is 2.14. The van der Waals surface area contributed by atoms with Crippen molar-refractivity contribution in [1.29, 1.82) is 0 Å². The number of ether oxygens (including phenoxy) is 1. The molecule has 150 valence electrons. The first-order valence-electron chi connectivity index (χ1n) is 8.71. The van der Waals surface area contributed by atoms with Gasteiger partial charge in [0, 0.05) is 5.69 Å². The van der Waals surface area contributed by atoms with Gasteiger partial charge in [0.05, 0.1) is 4.90 Å². The lowest BCUT2D eigenvalue weighted by Gasteiger charge is -2.14. The highest BCUT2D eigenvalue weighted by Gasteiger charge is 2.23. The first-order valence-corrected chi connectivity index (χ1v) is 10.2. The van der Waals surface area contributed by atoms with Gasteiger partial charge in [-0.15, -0.1) is 0 Å². The van der Waals surface area contributed by atoms with Gasteiger partial charge >= 0.3 is 5.97 Å². The second-order valence-corrected chi connectivity index (χ2v) is 8.32. The molecule has 0 saturated carbocycles. The van der Waals surface area contributed by atoms with Gasteiger partial charge in [-0.2, -0.15) is 4.72 Å². The monoisotopic (exact) mass is 404 g/mol. The fourth-order valence-corrected chi connectivity index (χ4v) is 3.54. The number of carbonyl (C=O) groups is 2. The summed E-state index contributed by atoms with van der Waals surface area (Å²) in [7, 11) is -3.87. The molecule has 1 atom stereocenters. The maximum atomic E-state index is 12.3. The molecule has 2 aromatic carbocycles. The summed E-state index contributed by atoms with van der Waals surface area (Å²) in [4.78, 5) is 24.0. The second kappa shape index (κ2) is 8.99. The molecule has 2 aromatic rings. The van der Waals surface area contributed by atoms with Crippen LogP contribution >= 0.6 is 0 Å². The zero-order valence-corrected chi connectivity index (χ0v) is 17.1. The predicted octanol–water partition coefficient (Wildman–Crippen LogP) is 2.46. The van der Waals surface area contributed by atoms with Crippen molar-refractivity contribution in [3.8, 4) is 0 Å². The zero-order chi connectivity index (χ0) is 20.9. The molecule has 0 heterocycles. The normalized spacial score (nSPS) is 12.3. The molecule has 0 bridgehead atoms. The minimum Gasteiger partial charge on any atom is -0.454 e. The molecule has 0 fully saturated rings. The summed E-state index contributed by atoms with van der Waals surface area (Å²) < 4.78 is 31.8. The van der Waals surface area contributed by atoms with Gasteiger partial charge in [-0.05, 0) is 63.1 Å². The van der Waals surface area contributed by atoms with Gasteiger partial charge < -0.3 is 10.1 Å². The maximum Gasteiger partial charge on any atom is 0.324 e. The summed E-state index contributed by atoms with van der Waals surface area (Å²) >= 11 is 0. The SMILES string of the molecule is Cc1ccc(S(=O)(=O)N[C@@H](C)C(=O)OCC(=O)Nc2ccc(C)c(C)c2)cc1. The molecule has 0 aliphatic heterocycles. The van der Waals surface area contributed by atoms with E-state index in [9.17, 15) is 18.0 Å². The van der Waals surface area contributed by atoms with E-state index in [2.05, 4.69) is 10.0 Å². The molecule has 0 spiro atoms. The first-order chi connectivity index (χ1) is 13.1. The number of anilines is 1. The van der Waals surface area contributed by atoms with E-state index in [1.165, 1.54) is 19.1 Å². The van der Waals surface area contributed by atoms with Crippen LogP contribution in [0.15, 0.2) is 47.4 Å². The van der Waals surface area contributed by atoms with Crippen LogP contribution in [-0.2, 0) is 24.3 Å². The molecule has 2 rings (SSSR count). The van der Waals surface area contributed by atoms with E-state index in [1.54, 1.807) is 18.2 Å². The van der Waals surface area contributed by atoms with Crippen molar-refractivity contribution < 1.29 is 22.7 Å². The van der Waals surface area contributed by atoms with Crippen LogP contribution in [0.5, 0.6) is 0 Å². The van der Waals surface area contributed by atoms with Crippen LogP contribution in [-0.4, -0.2) is 32.9 Å². The molecule has 0 aliphatic carbocycles. The highest BCUT2D eigenvalue weighted by atomic mass is 32.2. The molecule has 28 heavy (non-hydrogen) atoms. The van der Waals surface area contributed by atoms with Crippen LogP contribution in [0.2, 0.25) is 0 Å². The van der Waals surface area contributed by atoms with E-state index in [4.69, 9.17) is 4.74 Å². The third kappa shape index (κ3) is 5.90. The van der Waals surface area contributed by atoms with Crippen LogP contribution in [0.25, 0.3) is 0 Å².